The van der Waals surface area contributed by atoms with Crippen molar-refractivity contribution in [2.45, 2.75) is 0 Å². The summed E-state index contributed by atoms with van der Waals surface area (Å²) in [6, 6.07) is 5.11. The number of imidazole rings is 1. The average Bonchev–Trinajstić information content (AvgIpc) is 3.22. The molecule has 4 aromatic rings. The topological polar surface area (TPSA) is 63.3 Å². The third kappa shape index (κ3) is 3.00. The first kappa shape index (κ1) is 16.7. The van der Waals surface area contributed by atoms with Crippen molar-refractivity contribution in [2.24, 2.45) is 5.10 Å². The average molecular weight is 430 g/mol. The predicted octanol–water partition coefficient (Wildman–Crippen LogP) is 5.16. The first-order valence-electron chi connectivity index (χ1n) is 6.83. The Morgan fingerprint density at radius 3 is 2.92 bits per heavy atom. The molecular weight excluding hydrogens is 423 g/mol. The number of thiazole rings is 1. The first-order valence-corrected chi connectivity index (χ1v) is 9.25. The summed E-state index contributed by atoms with van der Waals surface area (Å²) < 4.78 is 3.63. The molecule has 0 bridgehead atoms. The lowest BCUT2D eigenvalue weighted by Gasteiger charge is -2.03. The number of hydrogen-bond acceptors (Lipinski definition) is 5. The molecule has 0 atom stereocenters. The van der Waals surface area contributed by atoms with E-state index in [0.717, 1.165) is 4.96 Å². The summed E-state index contributed by atoms with van der Waals surface area (Å²) in [6.45, 7) is 0. The van der Waals surface area contributed by atoms with Crippen LogP contribution in [0.3, 0.4) is 0 Å². The van der Waals surface area contributed by atoms with Gasteiger partial charge in [0.15, 0.2) is 15.9 Å². The van der Waals surface area contributed by atoms with Crippen LogP contribution < -0.4 is 0 Å². The van der Waals surface area contributed by atoms with Gasteiger partial charge in [-0.2, -0.15) is 14.9 Å². The maximum atomic E-state index is 6.26. The summed E-state index contributed by atoms with van der Waals surface area (Å²) in [5, 5.41) is 14.6. The molecule has 3 aromatic heterocycles. The lowest BCUT2D eigenvalue weighted by Crippen LogP contribution is -1.97. The molecule has 1 aromatic carbocycles. The molecule has 6 nitrogen and oxygen atoms in total. The molecule has 0 saturated carbocycles. The van der Waals surface area contributed by atoms with E-state index in [1.807, 2.05) is 16.0 Å². The van der Waals surface area contributed by atoms with Crippen molar-refractivity contribution in [2.75, 3.05) is 0 Å². The minimum atomic E-state index is 0.319. The summed E-state index contributed by atoms with van der Waals surface area (Å²) in [5.41, 5.74) is 1.30. The Kier molecular flexibility index (Phi) is 4.38. The van der Waals surface area contributed by atoms with Crippen LogP contribution in [-0.2, 0) is 0 Å². The maximum Gasteiger partial charge on any atom is 0.216 e. The van der Waals surface area contributed by atoms with Gasteiger partial charge in [-0.05, 0) is 30.4 Å². The van der Waals surface area contributed by atoms with E-state index in [2.05, 4.69) is 20.3 Å². The number of nitrogens with one attached hydrogen (secondary N) is 1. The molecule has 0 aliphatic heterocycles. The smallest absolute Gasteiger partial charge is 0.216 e. The monoisotopic (exact) mass is 428 g/mol. The van der Waals surface area contributed by atoms with Crippen LogP contribution in [0.15, 0.2) is 34.9 Å². The molecule has 0 fully saturated rings. The molecule has 0 amide bonds. The number of halogens is 3. The van der Waals surface area contributed by atoms with Gasteiger partial charge in [0, 0.05) is 22.2 Å². The van der Waals surface area contributed by atoms with Gasteiger partial charge in [-0.3, -0.25) is 4.40 Å². The maximum absolute atomic E-state index is 6.26. The fourth-order valence-corrected chi connectivity index (χ4v) is 3.91. The van der Waals surface area contributed by atoms with Crippen molar-refractivity contribution in [1.82, 2.24) is 24.3 Å². The SMILES string of the molecule is S=c1[nH]nc(-c2ccc(Cl)cc2Cl)n1/N=C/c1c(Cl)nc2sccn12. The van der Waals surface area contributed by atoms with Crippen molar-refractivity contribution < 1.29 is 0 Å². The molecule has 0 saturated heterocycles. The number of aromatic amines is 1. The molecule has 11 heteroatoms. The Morgan fingerprint density at radius 1 is 1.28 bits per heavy atom. The number of aromatic nitrogens is 5. The number of fused-ring (bicyclic) bond motifs is 1. The number of nitrogens with zero attached hydrogens (tertiary/aromatic N) is 5. The standard InChI is InChI=1S/C14H7Cl3N6S2/c15-7-1-2-8(9(16)5-7)12-20-21-13(24)23(12)18-6-10-11(17)19-14-22(10)3-4-25-14/h1-6H,(H,21,24)/b18-6+. The molecule has 0 aliphatic rings. The first-order chi connectivity index (χ1) is 12.0. The Hall–Kier alpha value is -1.71. The molecule has 0 spiro atoms. The largest absolute Gasteiger partial charge is 0.288 e. The van der Waals surface area contributed by atoms with E-state index in [1.54, 1.807) is 24.4 Å². The van der Waals surface area contributed by atoms with Crippen molar-refractivity contribution in [3.63, 3.8) is 0 Å². The van der Waals surface area contributed by atoms with Crippen LogP contribution in [0.4, 0.5) is 0 Å². The highest BCUT2D eigenvalue weighted by Crippen LogP contribution is 2.29. The zero-order valence-corrected chi connectivity index (χ0v) is 16.1. The van der Waals surface area contributed by atoms with Gasteiger partial charge in [0.1, 0.15) is 5.69 Å². The van der Waals surface area contributed by atoms with Crippen LogP contribution >= 0.6 is 58.4 Å². The second-order valence-corrected chi connectivity index (χ2v) is 7.34. The molecule has 0 aliphatic carbocycles. The van der Waals surface area contributed by atoms with E-state index in [9.17, 15) is 0 Å². The highest BCUT2D eigenvalue weighted by atomic mass is 35.5. The molecule has 4 rings (SSSR count). The molecular formula is C14H7Cl3N6S2. The van der Waals surface area contributed by atoms with E-state index in [4.69, 9.17) is 47.0 Å². The lowest BCUT2D eigenvalue weighted by atomic mass is 10.2. The lowest BCUT2D eigenvalue weighted by molar-refractivity contribution is 0.870. The highest BCUT2D eigenvalue weighted by molar-refractivity contribution is 7.71. The predicted molar refractivity (Wildman–Crippen MR) is 104 cm³/mol. The van der Waals surface area contributed by atoms with Gasteiger partial charge < -0.3 is 0 Å². The molecule has 126 valence electrons. The van der Waals surface area contributed by atoms with Crippen molar-refractivity contribution in [1.29, 1.82) is 0 Å². The summed E-state index contributed by atoms with van der Waals surface area (Å²) in [7, 11) is 0. The normalized spacial score (nSPS) is 11.8. The minimum Gasteiger partial charge on any atom is -0.288 e. The van der Waals surface area contributed by atoms with Gasteiger partial charge in [0.2, 0.25) is 4.77 Å². The molecule has 0 unspecified atom stereocenters. The van der Waals surface area contributed by atoms with Gasteiger partial charge in [-0.1, -0.05) is 34.8 Å². The summed E-state index contributed by atoms with van der Waals surface area (Å²) >= 11 is 25.1. The van der Waals surface area contributed by atoms with Crippen LogP contribution in [-0.4, -0.2) is 30.5 Å². The van der Waals surface area contributed by atoms with Gasteiger partial charge in [0.25, 0.3) is 0 Å². The van der Waals surface area contributed by atoms with E-state index < -0.39 is 0 Å². The number of benzene rings is 1. The molecule has 1 N–H and O–H groups in total. The zero-order valence-electron chi connectivity index (χ0n) is 12.2. The van der Waals surface area contributed by atoms with E-state index >= 15 is 0 Å². The van der Waals surface area contributed by atoms with E-state index in [0.29, 0.717) is 37.1 Å². The highest BCUT2D eigenvalue weighted by Gasteiger charge is 2.13. The fourth-order valence-electron chi connectivity index (χ4n) is 2.25. The Bertz CT molecular complexity index is 1170. The van der Waals surface area contributed by atoms with Crippen molar-refractivity contribution in [3.8, 4) is 11.4 Å². The van der Waals surface area contributed by atoms with Crippen LogP contribution in [0.2, 0.25) is 15.2 Å². The number of hydrogen-bond donors (Lipinski definition) is 1. The Labute approximate surface area is 165 Å². The molecule has 0 radical (unpaired) electrons. The summed E-state index contributed by atoms with van der Waals surface area (Å²) in [5.74, 6) is 0.463. The second kappa shape index (κ2) is 6.54. The van der Waals surface area contributed by atoms with Crippen LogP contribution in [0.5, 0.6) is 0 Å². The van der Waals surface area contributed by atoms with Crippen LogP contribution in [0.1, 0.15) is 5.69 Å². The minimum absolute atomic E-state index is 0.319. The fraction of sp³-hybridized carbons (Fsp3) is 0. The molecule has 3 heterocycles. The third-order valence-electron chi connectivity index (χ3n) is 3.37. The quantitative estimate of drug-likeness (QED) is 0.361. The van der Waals surface area contributed by atoms with Gasteiger partial charge in [-0.25, -0.2) is 10.1 Å². The summed E-state index contributed by atoms with van der Waals surface area (Å²) in [6.07, 6.45) is 3.44. The second-order valence-electron chi connectivity index (χ2n) is 4.88. The number of rotatable bonds is 3. The third-order valence-corrected chi connectivity index (χ3v) is 5.22. The van der Waals surface area contributed by atoms with Crippen molar-refractivity contribution in [3.05, 3.63) is 55.4 Å². The van der Waals surface area contributed by atoms with Gasteiger partial charge >= 0.3 is 0 Å². The van der Waals surface area contributed by atoms with E-state index in [-0.39, 0.29) is 0 Å². The van der Waals surface area contributed by atoms with Gasteiger partial charge in [0.05, 0.1) is 11.2 Å². The van der Waals surface area contributed by atoms with Crippen LogP contribution in [0.25, 0.3) is 16.3 Å². The zero-order chi connectivity index (χ0) is 17.6. The Morgan fingerprint density at radius 2 is 2.12 bits per heavy atom. The van der Waals surface area contributed by atoms with Crippen molar-refractivity contribution >= 4 is 69.5 Å². The van der Waals surface area contributed by atoms with Gasteiger partial charge in [-0.15, -0.1) is 11.3 Å². The molecule has 25 heavy (non-hydrogen) atoms. The Balaban J connectivity index is 1.82. The van der Waals surface area contributed by atoms with Crippen LogP contribution in [0, 0.1) is 4.77 Å². The van der Waals surface area contributed by atoms with E-state index in [1.165, 1.54) is 16.0 Å². The number of H-pyrrole nitrogens is 1. The summed E-state index contributed by atoms with van der Waals surface area (Å²) in [4.78, 5) is 5.04.